The number of thiazole rings is 1. The molecule has 0 radical (unpaired) electrons. The van der Waals surface area contributed by atoms with Gasteiger partial charge in [0, 0.05) is 26.6 Å². The van der Waals surface area contributed by atoms with Gasteiger partial charge in [0.05, 0.1) is 11.2 Å². The second-order valence-corrected chi connectivity index (χ2v) is 5.87. The molecule has 2 rings (SSSR count). The third kappa shape index (κ3) is 6.43. The van der Waals surface area contributed by atoms with Gasteiger partial charge in [-0.25, -0.2) is 9.37 Å². The van der Waals surface area contributed by atoms with Crippen LogP contribution in [0.4, 0.5) is 4.39 Å². The topological polar surface area (TPSA) is 45.2 Å². The van der Waals surface area contributed by atoms with Gasteiger partial charge in [0.1, 0.15) is 10.7 Å². The van der Waals surface area contributed by atoms with Crippen LogP contribution in [0.25, 0.3) is 0 Å². The van der Waals surface area contributed by atoms with Gasteiger partial charge in [-0.3, -0.25) is 4.79 Å². The van der Waals surface area contributed by atoms with Crippen LogP contribution >= 0.6 is 36.2 Å². The maximum Gasteiger partial charge on any atom is 0.265 e. The molecule has 128 valence electrons. The summed E-state index contributed by atoms with van der Waals surface area (Å²) in [5, 5.41) is 3.86. The predicted octanol–water partition coefficient (Wildman–Crippen LogP) is 3.01. The highest BCUT2D eigenvalue weighted by atomic mass is 35.5. The van der Waals surface area contributed by atoms with E-state index in [0.29, 0.717) is 17.8 Å². The summed E-state index contributed by atoms with van der Waals surface area (Å²) in [5.41, 5.74) is 0.980. The van der Waals surface area contributed by atoms with Crippen molar-refractivity contribution in [2.45, 2.75) is 6.42 Å². The first-order valence-corrected chi connectivity index (χ1v) is 7.51. The van der Waals surface area contributed by atoms with E-state index in [4.69, 9.17) is 0 Å². The molecule has 0 aliphatic carbocycles. The molecule has 1 N–H and O–H groups in total. The summed E-state index contributed by atoms with van der Waals surface area (Å²) in [6.45, 7) is 1.41. The number of nitrogens with one attached hydrogen (secondary N) is 1. The predicted molar refractivity (Wildman–Crippen MR) is 96.7 cm³/mol. The Kier molecular flexibility index (Phi) is 9.99. The van der Waals surface area contributed by atoms with E-state index in [9.17, 15) is 9.18 Å². The van der Waals surface area contributed by atoms with Gasteiger partial charge < -0.3 is 10.2 Å². The number of rotatable bonds is 6. The lowest BCUT2D eigenvalue weighted by molar-refractivity contribution is 0.0801. The van der Waals surface area contributed by atoms with Crippen LogP contribution in [-0.4, -0.2) is 43.0 Å². The molecule has 1 aromatic heterocycles. The van der Waals surface area contributed by atoms with E-state index in [1.165, 1.54) is 23.5 Å². The number of amides is 1. The van der Waals surface area contributed by atoms with Crippen molar-refractivity contribution in [3.05, 3.63) is 51.7 Å². The maximum atomic E-state index is 12.9. The minimum Gasteiger partial charge on any atom is -0.340 e. The van der Waals surface area contributed by atoms with Crippen LogP contribution in [0.2, 0.25) is 0 Å². The van der Waals surface area contributed by atoms with Crippen LogP contribution in [0.1, 0.15) is 20.2 Å². The number of hydrogen-bond donors (Lipinski definition) is 1. The number of benzene rings is 1. The number of aromatic nitrogens is 1. The second kappa shape index (κ2) is 10.5. The summed E-state index contributed by atoms with van der Waals surface area (Å²) in [4.78, 5) is 18.8. The number of carbonyl (C=O) groups is 1. The van der Waals surface area contributed by atoms with Crippen molar-refractivity contribution in [2.24, 2.45) is 0 Å². The molecule has 8 heteroatoms. The van der Waals surface area contributed by atoms with Gasteiger partial charge in [-0.15, -0.1) is 36.2 Å². The zero-order valence-electron chi connectivity index (χ0n) is 12.9. The van der Waals surface area contributed by atoms with Crippen molar-refractivity contribution < 1.29 is 9.18 Å². The van der Waals surface area contributed by atoms with E-state index in [1.807, 2.05) is 7.05 Å². The molecule has 1 amide bonds. The number of likely N-dealkylation sites (N-methyl/N-ethyl adjacent to an activating group) is 2. The Morgan fingerprint density at radius 2 is 1.96 bits per heavy atom. The van der Waals surface area contributed by atoms with Crippen LogP contribution in [0, 0.1) is 5.82 Å². The number of hydrogen-bond acceptors (Lipinski definition) is 4. The van der Waals surface area contributed by atoms with Crippen LogP contribution in [0.15, 0.2) is 30.5 Å². The monoisotopic (exact) mass is 379 g/mol. The first kappa shape index (κ1) is 21.8. The fourth-order valence-electron chi connectivity index (χ4n) is 1.84. The molecular formula is C15H20Cl2FN3OS. The zero-order chi connectivity index (χ0) is 15.2. The first-order chi connectivity index (χ1) is 10.1. The highest BCUT2D eigenvalue weighted by Gasteiger charge is 2.15. The van der Waals surface area contributed by atoms with E-state index < -0.39 is 0 Å². The van der Waals surface area contributed by atoms with Crippen molar-refractivity contribution in [2.75, 3.05) is 27.2 Å². The number of nitrogens with zero attached hydrogens (tertiary/aromatic N) is 2. The normalized spacial score (nSPS) is 9.70. The van der Waals surface area contributed by atoms with Crippen LogP contribution in [0.5, 0.6) is 0 Å². The van der Waals surface area contributed by atoms with E-state index in [0.717, 1.165) is 17.1 Å². The maximum absolute atomic E-state index is 12.9. The van der Waals surface area contributed by atoms with Crippen molar-refractivity contribution in [3.63, 3.8) is 0 Å². The Morgan fingerprint density at radius 1 is 1.30 bits per heavy atom. The standard InChI is InChI=1S/C15H18FN3OS.2ClH/c1-17-7-8-19(2)15(20)13-10-18-14(21-13)9-11-3-5-12(16)6-4-11;;/h3-6,10,17H,7-9H2,1-2H3;2*1H. The molecule has 0 atom stereocenters. The molecule has 0 aliphatic rings. The SMILES string of the molecule is CNCCN(C)C(=O)c1cnc(Cc2ccc(F)cc2)s1.Cl.Cl. The lowest BCUT2D eigenvalue weighted by Gasteiger charge is -2.15. The van der Waals surface area contributed by atoms with Crippen LogP contribution in [0.3, 0.4) is 0 Å². The fourth-order valence-corrected chi connectivity index (χ4v) is 2.78. The fraction of sp³-hybridized carbons (Fsp3) is 0.333. The van der Waals surface area contributed by atoms with Gasteiger partial charge in [-0.1, -0.05) is 12.1 Å². The summed E-state index contributed by atoms with van der Waals surface area (Å²) in [5.74, 6) is -0.270. The van der Waals surface area contributed by atoms with E-state index in [-0.39, 0.29) is 36.5 Å². The summed E-state index contributed by atoms with van der Waals surface area (Å²) >= 11 is 1.39. The van der Waals surface area contributed by atoms with Crippen molar-refractivity contribution in [1.82, 2.24) is 15.2 Å². The molecule has 0 fully saturated rings. The van der Waals surface area contributed by atoms with Gasteiger partial charge in [0.15, 0.2) is 0 Å². The molecule has 23 heavy (non-hydrogen) atoms. The molecule has 1 heterocycles. The molecule has 4 nitrogen and oxygen atoms in total. The third-order valence-corrected chi connectivity index (χ3v) is 4.06. The van der Waals surface area contributed by atoms with Gasteiger partial charge in [-0.05, 0) is 24.7 Å². The molecule has 2 aromatic rings. The molecular weight excluding hydrogens is 360 g/mol. The first-order valence-electron chi connectivity index (χ1n) is 6.69. The lowest BCUT2D eigenvalue weighted by atomic mass is 10.2. The van der Waals surface area contributed by atoms with Gasteiger partial charge in [0.25, 0.3) is 5.91 Å². The highest BCUT2D eigenvalue weighted by molar-refractivity contribution is 7.13. The molecule has 0 spiro atoms. The molecule has 0 unspecified atom stereocenters. The Morgan fingerprint density at radius 3 is 2.57 bits per heavy atom. The van der Waals surface area contributed by atoms with Gasteiger partial charge in [-0.2, -0.15) is 0 Å². The number of carbonyl (C=O) groups excluding carboxylic acids is 1. The quantitative estimate of drug-likeness (QED) is 0.838. The zero-order valence-corrected chi connectivity index (χ0v) is 15.4. The third-order valence-electron chi connectivity index (χ3n) is 3.08. The van der Waals surface area contributed by atoms with Gasteiger partial charge in [0.2, 0.25) is 0 Å². The molecule has 0 saturated carbocycles. The van der Waals surface area contributed by atoms with E-state index >= 15 is 0 Å². The lowest BCUT2D eigenvalue weighted by Crippen LogP contribution is -2.32. The van der Waals surface area contributed by atoms with E-state index in [2.05, 4.69) is 10.3 Å². The smallest absolute Gasteiger partial charge is 0.265 e. The molecule has 0 aliphatic heterocycles. The van der Waals surface area contributed by atoms with Crippen molar-refractivity contribution in [3.8, 4) is 0 Å². The Balaban J connectivity index is 0.00000242. The van der Waals surface area contributed by atoms with E-state index in [1.54, 1.807) is 30.3 Å². The highest BCUT2D eigenvalue weighted by Crippen LogP contribution is 2.18. The Bertz CT molecular complexity index is 607. The minimum absolute atomic E-state index is 0. The van der Waals surface area contributed by atoms with Crippen LogP contribution in [-0.2, 0) is 6.42 Å². The van der Waals surface area contributed by atoms with Crippen LogP contribution < -0.4 is 5.32 Å². The Labute approximate surface area is 151 Å². The van der Waals surface area contributed by atoms with Crippen molar-refractivity contribution in [1.29, 1.82) is 0 Å². The average molecular weight is 380 g/mol. The average Bonchev–Trinajstić information content (AvgIpc) is 2.95. The summed E-state index contributed by atoms with van der Waals surface area (Å²) in [6.07, 6.45) is 2.22. The second-order valence-electron chi connectivity index (χ2n) is 4.75. The minimum atomic E-state index is -0.250. The van der Waals surface area contributed by atoms with Gasteiger partial charge >= 0.3 is 0 Å². The molecule has 1 aromatic carbocycles. The molecule has 0 bridgehead atoms. The summed E-state index contributed by atoms with van der Waals surface area (Å²) < 4.78 is 12.9. The number of halogens is 3. The summed E-state index contributed by atoms with van der Waals surface area (Å²) in [7, 11) is 3.63. The Hall–Kier alpha value is -1.21. The summed E-state index contributed by atoms with van der Waals surface area (Å²) in [6, 6.07) is 6.33. The molecule has 0 saturated heterocycles. The van der Waals surface area contributed by atoms with Crippen molar-refractivity contribution >= 4 is 42.1 Å². The largest absolute Gasteiger partial charge is 0.340 e.